The van der Waals surface area contributed by atoms with Crippen LogP contribution < -0.4 is 5.32 Å². The second kappa shape index (κ2) is 7.64. The van der Waals surface area contributed by atoms with Gasteiger partial charge in [0.2, 0.25) is 0 Å². The van der Waals surface area contributed by atoms with Crippen molar-refractivity contribution in [2.45, 2.75) is 65.3 Å². The summed E-state index contributed by atoms with van der Waals surface area (Å²) in [7, 11) is 0. The van der Waals surface area contributed by atoms with E-state index in [1.54, 1.807) is 13.8 Å². The Labute approximate surface area is 142 Å². The highest BCUT2D eigenvalue weighted by molar-refractivity contribution is 6.02. The Morgan fingerprint density at radius 3 is 2.25 bits per heavy atom. The third-order valence-electron chi connectivity index (χ3n) is 4.92. The number of carboxylic acids is 1. The number of H-pyrrole nitrogens is 1. The van der Waals surface area contributed by atoms with Gasteiger partial charge in [-0.1, -0.05) is 25.7 Å². The first kappa shape index (κ1) is 18.2. The number of aliphatic carboxylic acids is 1. The van der Waals surface area contributed by atoms with Crippen LogP contribution in [0.5, 0.6) is 0 Å². The minimum absolute atomic E-state index is 0.0883. The maximum absolute atomic E-state index is 12.6. The Balaban J connectivity index is 2.21. The smallest absolute Gasteiger partial charge is 0.308 e. The van der Waals surface area contributed by atoms with E-state index in [0.29, 0.717) is 35.4 Å². The van der Waals surface area contributed by atoms with Gasteiger partial charge in [0.1, 0.15) is 5.69 Å². The Bertz CT molecular complexity index is 648. The molecule has 0 aromatic carbocycles. The summed E-state index contributed by atoms with van der Waals surface area (Å²) in [5.74, 6) is -1.83. The van der Waals surface area contributed by atoms with Crippen LogP contribution in [0.4, 0.5) is 0 Å². The second-order valence-electron chi connectivity index (χ2n) is 6.70. The molecule has 0 bridgehead atoms. The minimum atomic E-state index is -0.856. The van der Waals surface area contributed by atoms with E-state index in [4.69, 9.17) is 0 Å². The van der Waals surface area contributed by atoms with Crippen molar-refractivity contribution in [2.24, 2.45) is 5.92 Å². The van der Waals surface area contributed by atoms with E-state index in [9.17, 15) is 19.5 Å². The molecule has 0 saturated heterocycles. The first-order valence-electron chi connectivity index (χ1n) is 8.56. The molecule has 6 nitrogen and oxygen atoms in total. The number of hydrogen-bond acceptors (Lipinski definition) is 3. The minimum Gasteiger partial charge on any atom is -0.481 e. The van der Waals surface area contributed by atoms with Gasteiger partial charge in [-0.15, -0.1) is 0 Å². The summed E-state index contributed by atoms with van der Waals surface area (Å²) >= 11 is 0. The summed E-state index contributed by atoms with van der Waals surface area (Å²) < 4.78 is 0. The summed E-state index contributed by atoms with van der Waals surface area (Å²) in [4.78, 5) is 38.9. The third-order valence-corrected chi connectivity index (χ3v) is 4.92. The highest BCUT2D eigenvalue weighted by Crippen LogP contribution is 2.24. The van der Waals surface area contributed by atoms with Crippen LogP contribution in [0.15, 0.2) is 0 Å². The number of Topliss-reactive ketones (excluding diaryl/α,β-unsaturated/α-hetero) is 1. The quantitative estimate of drug-likeness (QED) is 0.737. The summed E-state index contributed by atoms with van der Waals surface area (Å²) in [6.07, 6.45) is 5.15. The molecule has 1 aliphatic carbocycles. The highest BCUT2D eigenvalue weighted by Gasteiger charge is 2.31. The topological polar surface area (TPSA) is 99.3 Å². The molecule has 0 radical (unpaired) electrons. The van der Waals surface area contributed by atoms with Gasteiger partial charge in [-0.25, -0.2) is 0 Å². The predicted octanol–water partition coefficient (Wildman–Crippen LogP) is 2.99. The Hall–Kier alpha value is -2.11. The van der Waals surface area contributed by atoms with Gasteiger partial charge < -0.3 is 15.4 Å². The molecule has 6 heteroatoms. The summed E-state index contributed by atoms with van der Waals surface area (Å²) in [6.45, 7) is 4.97. The lowest BCUT2D eigenvalue weighted by atomic mass is 9.86. The van der Waals surface area contributed by atoms with Crippen LogP contribution >= 0.6 is 0 Å². The molecule has 1 fully saturated rings. The van der Waals surface area contributed by atoms with E-state index in [0.717, 1.165) is 25.7 Å². The van der Waals surface area contributed by atoms with E-state index >= 15 is 0 Å². The van der Waals surface area contributed by atoms with Crippen molar-refractivity contribution in [1.29, 1.82) is 0 Å². The number of nitrogens with one attached hydrogen (secondary N) is 2. The van der Waals surface area contributed by atoms with Crippen LogP contribution in [0.2, 0.25) is 0 Å². The Morgan fingerprint density at radius 2 is 1.71 bits per heavy atom. The molecule has 1 amide bonds. The molecule has 132 valence electrons. The van der Waals surface area contributed by atoms with E-state index in [-0.39, 0.29) is 17.7 Å². The van der Waals surface area contributed by atoms with Crippen LogP contribution in [0, 0.1) is 19.8 Å². The maximum atomic E-state index is 12.6. The monoisotopic (exact) mass is 334 g/mol. The lowest BCUT2D eigenvalue weighted by Crippen LogP contribution is -2.44. The first-order valence-corrected chi connectivity index (χ1v) is 8.56. The van der Waals surface area contributed by atoms with Gasteiger partial charge in [0.25, 0.3) is 5.91 Å². The molecule has 1 heterocycles. The number of amides is 1. The molecule has 0 aliphatic heterocycles. The molecule has 1 aliphatic rings. The lowest BCUT2D eigenvalue weighted by molar-refractivity contribution is -0.143. The largest absolute Gasteiger partial charge is 0.481 e. The van der Waals surface area contributed by atoms with E-state index < -0.39 is 11.9 Å². The Kier molecular flexibility index (Phi) is 5.80. The number of aromatic amines is 1. The number of aromatic nitrogens is 1. The first-order chi connectivity index (χ1) is 11.3. The number of carboxylic acid groups (broad SMARTS) is 1. The number of aryl methyl sites for hydroxylation is 1. The van der Waals surface area contributed by atoms with Crippen molar-refractivity contribution in [1.82, 2.24) is 10.3 Å². The molecule has 0 spiro atoms. The number of ketones is 1. The standard InChI is InChI=1S/C18H26N2O4/c1-10-15(12(3)21)11(2)19-16(10)17(22)20-14-9-7-5-4-6-8-13(14)18(23)24/h13-14,19H,4-9H2,1-3H3,(H,20,22)(H,23,24). The van der Waals surface area contributed by atoms with Gasteiger partial charge >= 0.3 is 5.97 Å². The molecule has 2 rings (SSSR count). The van der Waals surface area contributed by atoms with Crippen molar-refractivity contribution in [3.8, 4) is 0 Å². The lowest BCUT2D eigenvalue weighted by Gasteiger charge is -2.27. The zero-order chi connectivity index (χ0) is 17.9. The fourth-order valence-electron chi connectivity index (χ4n) is 3.70. The molecule has 1 aromatic heterocycles. The maximum Gasteiger partial charge on any atom is 0.308 e. The van der Waals surface area contributed by atoms with Gasteiger partial charge in [-0.3, -0.25) is 14.4 Å². The van der Waals surface area contributed by atoms with Crippen LogP contribution in [-0.4, -0.2) is 33.8 Å². The zero-order valence-corrected chi connectivity index (χ0v) is 14.6. The van der Waals surface area contributed by atoms with Gasteiger partial charge in [0.15, 0.2) is 5.78 Å². The fraction of sp³-hybridized carbons (Fsp3) is 0.611. The Morgan fingerprint density at radius 1 is 1.08 bits per heavy atom. The molecular weight excluding hydrogens is 308 g/mol. The normalized spacial score (nSPS) is 21.6. The van der Waals surface area contributed by atoms with Crippen molar-refractivity contribution in [3.63, 3.8) is 0 Å². The van der Waals surface area contributed by atoms with E-state index in [1.807, 2.05) is 0 Å². The number of hydrogen-bond donors (Lipinski definition) is 3. The van der Waals surface area contributed by atoms with Crippen LogP contribution in [0.3, 0.4) is 0 Å². The number of carbonyl (C=O) groups is 3. The molecule has 2 unspecified atom stereocenters. The average molecular weight is 334 g/mol. The van der Waals surface area contributed by atoms with Crippen LogP contribution in [-0.2, 0) is 4.79 Å². The third kappa shape index (κ3) is 3.86. The van der Waals surface area contributed by atoms with Crippen molar-refractivity contribution < 1.29 is 19.5 Å². The van der Waals surface area contributed by atoms with Gasteiger partial charge in [0, 0.05) is 17.3 Å². The molecule has 3 N–H and O–H groups in total. The second-order valence-corrected chi connectivity index (χ2v) is 6.70. The van der Waals surface area contributed by atoms with Gasteiger partial charge in [-0.2, -0.15) is 0 Å². The molecule has 24 heavy (non-hydrogen) atoms. The van der Waals surface area contributed by atoms with Gasteiger partial charge in [-0.05, 0) is 39.2 Å². The van der Waals surface area contributed by atoms with Crippen LogP contribution in [0.25, 0.3) is 0 Å². The molecular formula is C18H26N2O4. The SMILES string of the molecule is CC(=O)c1c(C)[nH]c(C(=O)NC2CCCCCCC2C(=O)O)c1C. The summed E-state index contributed by atoms with van der Waals surface area (Å²) in [5.41, 5.74) is 2.17. The molecule has 1 saturated carbocycles. The molecule has 1 aromatic rings. The molecule has 2 atom stereocenters. The van der Waals surface area contributed by atoms with E-state index in [2.05, 4.69) is 10.3 Å². The number of carbonyl (C=O) groups excluding carboxylic acids is 2. The van der Waals surface area contributed by atoms with E-state index in [1.165, 1.54) is 6.92 Å². The predicted molar refractivity (Wildman–Crippen MR) is 90.4 cm³/mol. The summed E-state index contributed by atoms with van der Waals surface area (Å²) in [5, 5.41) is 12.4. The van der Waals surface area contributed by atoms with Crippen molar-refractivity contribution in [2.75, 3.05) is 0 Å². The fourth-order valence-corrected chi connectivity index (χ4v) is 3.70. The summed E-state index contributed by atoms with van der Waals surface area (Å²) in [6, 6.07) is -0.376. The average Bonchev–Trinajstić information content (AvgIpc) is 2.76. The highest BCUT2D eigenvalue weighted by atomic mass is 16.4. The number of rotatable bonds is 4. The zero-order valence-electron chi connectivity index (χ0n) is 14.6. The van der Waals surface area contributed by atoms with Crippen molar-refractivity contribution in [3.05, 3.63) is 22.5 Å². The van der Waals surface area contributed by atoms with Crippen LogP contribution in [0.1, 0.15) is 77.6 Å². The van der Waals surface area contributed by atoms with Gasteiger partial charge in [0.05, 0.1) is 5.92 Å². The van der Waals surface area contributed by atoms with Crippen molar-refractivity contribution >= 4 is 17.7 Å².